The molecule has 0 saturated carbocycles. The van der Waals surface area contributed by atoms with Gasteiger partial charge in [0.2, 0.25) is 0 Å². The third-order valence-corrected chi connectivity index (χ3v) is 7.81. The maximum Gasteiger partial charge on any atom is 0.358 e. The molecule has 20 heteroatoms. The summed E-state index contributed by atoms with van der Waals surface area (Å²) < 4.78 is 38.0. The summed E-state index contributed by atoms with van der Waals surface area (Å²) in [6.07, 6.45) is 2.88. The molecule has 0 spiro atoms. The molecule has 2 rings (SSSR count). The van der Waals surface area contributed by atoms with Gasteiger partial charge in [-0.1, -0.05) is 26.7 Å². The zero-order chi connectivity index (χ0) is 41.8. The van der Waals surface area contributed by atoms with Crippen molar-refractivity contribution in [2.75, 3.05) is 114 Å². The van der Waals surface area contributed by atoms with Crippen LogP contribution in [-0.4, -0.2) is 152 Å². The number of carbonyl (C=O) groups excluding carboxylic acids is 4. The molecule has 0 aliphatic carbocycles. The molecule has 0 saturated heterocycles. The van der Waals surface area contributed by atoms with Gasteiger partial charge in [-0.25, -0.2) is 9.59 Å². The third kappa shape index (κ3) is 17.7. The minimum Gasteiger partial charge on any atom is -0.478 e. The number of hydrogen-bond acceptors (Lipinski definition) is 16. The van der Waals surface area contributed by atoms with Crippen molar-refractivity contribution in [1.29, 1.82) is 0 Å². The molecule has 2 amide bonds. The number of ether oxygens (including phenoxy) is 7. The van der Waals surface area contributed by atoms with Crippen LogP contribution in [-0.2, 0) is 33.3 Å². The van der Waals surface area contributed by atoms with E-state index in [4.69, 9.17) is 42.8 Å². The first-order chi connectivity index (χ1) is 27.6. The van der Waals surface area contributed by atoms with E-state index in [-0.39, 0.29) is 49.2 Å². The van der Waals surface area contributed by atoms with Gasteiger partial charge in [-0.05, 0) is 37.1 Å². The Morgan fingerprint density at radius 1 is 0.596 bits per heavy atom. The average molecular weight is 812 g/mol. The molecular weight excluding hydrogens is 754 g/mol. The summed E-state index contributed by atoms with van der Waals surface area (Å²) in [4.78, 5) is 88.5. The van der Waals surface area contributed by atoms with E-state index in [2.05, 4.69) is 10.6 Å². The fourth-order valence-electron chi connectivity index (χ4n) is 4.68. The van der Waals surface area contributed by atoms with Crippen molar-refractivity contribution >= 4 is 23.8 Å². The lowest BCUT2D eigenvalue weighted by Gasteiger charge is -2.22. The van der Waals surface area contributed by atoms with Crippen LogP contribution in [0, 0.1) is 0 Å². The van der Waals surface area contributed by atoms with Gasteiger partial charge in [-0.2, -0.15) is 0 Å². The standard InChI is InChI=1S/C37H57N5O15/c1-6-8-19-56-41-28(36(47)50-4)10-12-30(34(41)45)54-26-32(43)38-14-16-40(18-21-52-24-25-53-23-22-49-3)17-15-39-33(44)27-55-31-13-11-29(37(48)51-5)42(35(31)46)57-20-9-7-2/h10-13H,6-9,14-27H2,1-5H3,(H,38,43)(H,39,44). The Balaban J connectivity index is 1.95. The van der Waals surface area contributed by atoms with Gasteiger partial charge in [0, 0.05) is 39.8 Å². The Morgan fingerprint density at radius 3 is 1.46 bits per heavy atom. The molecular formula is C37H57N5O15. The number of methoxy groups -OCH3 is 3. The van der Waals surface area contributed by atoms with Crippen LogP contribution >= 0.6 is 0 Å². The number of carbonyl (C=O) groups is 4. The summed E-state index contributed by atoms with van der Waals surface area (Å²) in [6.45, 7) is 6.85. The van der Waals surface area contributed by atoms with Gasteiger partial charge < -0.3 is 53.5 Å². The van der Waals surface area contributed by atoms with Gasteiger partial charge in [0.15, 0.2) is 36.1 Å². The van der Waals surface area contributed by atoms with Gasteiger partial charge in [0.1, 0.15) is 13.2 Å². The summed E-state index contributed by atoms with van der Waals surface area (Å²) in [5.41, 5.74) is -1.75. The third-order valence-electron chi connectivity index (χ3n) is 7.81. The predicted octanol–water partition coefficient (Wildman–Crippen LogP) is -0.288. The number of amides is 2. The Morgan fingerprint density at radius 2 is 1.04 bits per heavy atom. The first-order valence-corrected chi connectivity index (χ1v) is 18.7. The molecule has 57 heavy (non-hydrogen) atoms. The van der Waals surface area contributed by atoms with E-state index in [1.54, 1.807) is 7.11 Å². The van der Waals surface area contributed by atoms with Gasteiger partial charge >= 0.3 is 23.1 Å². The molecule has 2 aromatic rings. The number of aromatic nitrogens is 2. The SMILES string of the molecule is CCCCOn1c(C(=O)OC)ccc(OCC(=O)NCCN(CCNC(=O)COc2ccc(C(=O)OC)n(OCCCC)c2=O)CCOCCOCCOC)c1=O. The smallest absolute Gasteiger partial charge is 0.358 e. The molecule has 0 aromatic carbocycles. The topological polar surface area (TPSA) is 223 Å². The monoisotopic (exact) mass is 811 g/mol. The van der Waals surface area contributed by atoms with Crippen LogP contribution in [0.25, 0.3) is 0 Å². The van der Waals surface area contributed by atoms with Crippen LogP contribution in [0.1, 0.15) is 60.5 Å². The van der Waals surface area contributed by atoms with E-state index in [1.165, 1.54) is 38.5 Å². The molecule has 2 N–H and O–H groups in total. The second-order valence-electron chi connectivity index (χ2n) is 12.1. The minimum absolute atomic E-state index is 0.119. The molecule has 2 heterocycles. The van der Waals surface area contributed by atoms with Gasteiger partial charge in [-0.15, -0.1) is 9.46 Å². The van der Waals surface area contributed by atoms with E-state index in [0.29, 0.717) is 65.5 Å². The molecule has 0 unspecified atom stereocenters. The Labute approximate surface area is 331 Å². The van der Waals surface area contributed by atoms with Crippen LogP contribution in [0.2, 0.25) is 0 Å². The number of esters is 2. The van der Waals surface area contributed by atoms with Gasteiger partial charge in [0.25, 0.3) is 11.8 Å². The van der Waals surface area contributed by atoms with Crippen molar-refractivity contribution < 1.29 is 62.0 Å². The van der Waals surface area contributed by atoms with E-state index < -0.39 is 48.1 Å². The van der Waals surface area contributed by atoms with Crippen molar-refractivity contribution in [2.24, 2.45) is 0 Å². The largest absolute Gasteiger partial charge is 0.478 e. The summed E-state index contributed by atoms with van der Waals surface area (Å²) in [6, 6.07) is 5.16. The van der Waals surface area contributed by atoms with E-state index in [9.17, 15) is 28.8 Å². The maximum absolute atomic E-state index is 13.0. The van der Waals surface area contributed by atoms with E-state index in [0.717, 1.165) is 22.3 Å². The van der Waals surface area contributed by atoms with Crippen LogP contribution in [0.3, 0.4) is 0 Å². The summed E-state index contributed by atoms with van der Waals surface area (Å²) in [5, 5.41) is 5.47. The summed E-state index contributed by atoms with van der Waals surface area (Å²) in [7, 11) is 3.95. The van der Waals surface area contributed by atoms with Crippen molar-refractivity contribution in [3.63, 3.8) is 0 Å². The van der Waals surface area contributed by atoms with Gasteiger partial charge in [0.05, 0.1) is 47.3 Å². The fraction of sp³-hybridized carbons (Fsp3) is 0.622. The second-order valence-corrected chi connectivity index (χ2v) is 12.1. The van der Waals surface area contributed by atoms with Crippen molar-refractivity contribution in [2.45, 2.75) is 39.5 Å². The number of pyridine rings is 2. The minimum atomic E-state index is -0.769. The molecule has 0 atom stereocenters. The molecule has 0 bridgehead atoms. The number of hydrogen-bond donors (Lipinski definition) is 2. The van der Waals surface area contributed by atoms with Crippen LogP contribution in [0.5, 0.6) is 11.5 Å². The number of unbranched alkanes of at least 4 members (excludes halogenated alkanes) is 2. The lowest BCUT2D eigenvalue weighted by Crippen LogP contribution is -2.42. The molecule has 0 aliphatic rings. The highest BCUT2D eigenvalue weighted by Gasteiger charge is 2.20. The van der Waals surface area contributed by atoms with E-state index in [1.807, 2.05) is 18.7 Å². The normalized spacial score (nSPS) is 10.8. The predicted molar refractivity (Wildman–Crippen MR) is 204 cm³/mol. The number of rotatable bonds is 31. The quantitative estimate of drug-likeness (QED) is 0.0738. The Bertz CT molecular complexity index is 1540. The lowest BCUT2D eigenvalue weighted by molar-refractivity contribution is -0.123. The van der Waals surface area contributed by atoms with Crippen molar-refractivity contribution in [1.82, 2.24) is 25.0 Å². The highest BCUT2D eigenvalue weighted by molar-refractivity contribution is 5.88. The summed E-state index contributed by atoms with van der Waals surface area (Å²) in [5.74, 6) is -2.93. The summed E-state index contributed by atoms with van der Waals surface area (Å²) >= 11 is 0. The highest BCUT2D eigenvalue weighted by atomic mass is 16.7. The average Bonchev–Trinajstić information content (AvgIpc) is 3.21. The molecule has 0 aliphatic heterocycles. The zero-order valence-corrected chi connectivity index (χ0v) is 33.5. The Hall–Kier alpha value is -5.18. The van der Waals surface area contributed by atoms with Crippen molar-refractivity contribution in [3.05, 3.63) is 56.4 Å². The van der Waals surface area contributed by atoms with Gasteiger partial charge in [-0.3, -0.25) is 24.1 Å². The maximum atomic E-state index is 13.0. The molecule has 0 fully saturated rings. The fourth-order valence-corrected chi connectivity index (χ4v) is 4.68. The second kappa shape index (κ2) is 28.3. The molecule has 0 radical (unpaired) electrons. The first kappa shape index (κ1) is 48.0. The Kier molecular flexibility index (Phi) is 23.8. The zero-order valence-electron chi connectivity index (χ0n) is 33.5. The van der Waals surface area contributed by atoms with Crippen LogP contribution < -0.4 is 40.9 Å². The lowest BCUT2D eigenvalue weighted by atomic mass is 10.3. The number of nitrogens with zero attached hydrogens (tertiary/aromatic N) is 3. The molecule has 20 nitrogen and oxygen atoms in total. The van der Waals surface area contributed by atoms with E-state index >= 15 is 0 Å². The van der Waals surface area contributed by atoms with Crippen molar-refractivity contribution in [3.8, 4) is 11.5 Å². The van der Waals surface area contributed by atoms with Crippen LogP contribution in [0.4, 0.5) is 0 Å². The number of nitrogens with one attached hydrogen (secondary N) is 2. The molecule has 320 valence electrons. The van der Waals surface area contributed by atoms with Crippen LogP contribution in [0.15, 0.2) is 33.9 Å². The highest BCUT2D eigenvalue weighted by Crippen LogP contribution is 2.09. The molecule has 2 aromatic heterocycles. The first-order valence-electron chi connectivity index (χ1n) is 18.7.